The van der Waals surface area contributed by atoms with Gasteiger partial charge in [-0.25, -0.2) is 23.2 Å². The molecule has 3 aromatic rings. The zero-order valence-corrected chi connectivity index (χ0v) is 17.5. The van der Waals surface area contributed by atoms with E-state index in [1.807, 2.05) is 15.6 Å². The Hall–Kier alpha value is -2.52. The molecule has 1 aliphatic rings. The van der Waals surface area contributed by atoms with Crippen molar-refractivity contribution in [1.82, 2.24) is 24.5 Å². The first-order chi connectivity index (χ1) is 13.9. The molecule has 0 amide bonds. The van der Waals surface area contributed by atoms with Gasteiger partial charge >= 0.3 is 0 Å². The number of fused-ring (bicyclic) bond motifs is 1. The zero-order valence-electron chi connectivity index (χ0n) is 16.7. The molecular weight excluding hydrogens is 388 g/mol. The van der Waals surface area contributed by atoms with E-state index in [9.17, 15) is 8.42 Å². The van der Waals surface area contributed by atoms with Crippen LogP contribution in [0.4, 0.5) is 0 Å². The first kappa shape index (κ1) is 19.8. The predicted molar refractivity (Wildman–Crippen MR) is 109 cm³/mol. The van der Waals surface area contributed by atoms with Crippen LogP contribution in [0.25, 0.3) is 5.69 Å². The van der Waals surface area contributed by atoms with Crippen molar-refractivity contribution < 1.29 is 8.42 Å². The predicted octanol–water partition coefficient (Wildman–Crippen LogP) is 2.74. The lowest BCUT2D eigenvalue weighted by Gasteiger charge is -2.23. The molecule has 154 valence electrons. The number of nitrogens with zero attached hydrogens (tertiary/aromatic N) is 5. The van der Waals surface area contributed by atoms with E-state index in [-0.39, 0.29) is 10.8 Å². The van der Waals surface area contributed by atoms with Gasteiger partial charge in [0.05, 0.1) is 10.6 Å². The van der Waals surface area contributed by atoms with Gasteiger partial charge in [0.25, 0.3) is 0 Å². The van der Waals surface area contributed by atoms with Crippen LogP contribution in [-0.4, -0.2) is 33.0 Å². The molecular formula is C20H26N6O2S. The summed E-state index contributed by atoms with van der Waals surface area (Å²) in [5.74, 6) is 2.29. The number of benzene rings is 1. The van der Waals surface area contributed by atoms with E-state index in [4.69, 9.17) is 15.2 Å². The lowest BCUT2D eigenvalue weighted by Crippen LogP contribution is -2.21. The first-order valence-corrected chi connectivity index (χ1v) is 11.6. The minimum Gasteiger partial charge on any atom is -0.270 e. The van der Waals surface area contributed by atoms with E-state index in [1.54, 1.807) is 12.1 Å². The fourth-order valence-corrected chi connectivity index (χ4v) is 4.50. The first-order valence-electron chi connectivity index (χ1n) is 10.0. The molecule has 0 bridgehead atoms. The lowest BCUT2D eigenvalue weighted by molar-refractivity contribution is 0.423. The van der Waals surface area contributed by atoms with Crippen molar-refractivity contribution in [2.45, 2.75) is 62.8 Å². The molecule has 0 saturated carbocycles. The second kappa shape index (κ2) is 7.72. The standard InChI is InChI=1S/C20H26N6O2S/c1-3-14(4-2)19-23-20(15-10-12-25-17(13-15)9-11-22-25)26(24-19)16-5-7-18(8-6-16)29(21,27)28/h5-9,11,14-15H,3-4,10,12-13H2,1-2H3,(H2,21,27,28). The summed E-state index contributed by atoms with van der Waals surface area (Å²) in [6.07, 6.45) is 5.58. The van der Waals surface area contributed by atoms with Crippen LogP contribution in [0.3, 0.4) is 0 Å². The van der Waals surface area contributed by atoms with Crippen LogP contribution in [0.2, 0.25) is 0 Å². The maximum Gasteiger partial charge on any atom is 0.238 e. The highest BCUT2D eigenvalue weighted by atomic mass is 32.2. The molecule has 0 saturated heterocycles. The second-order valence-electron chi connectivity index (χ2n) is 7.53. The summed E-state index contributed by atoms with van der Waals surface area (Å²) >= 11 is 0. The molecule has 1 unspecified atom stereocenters. The maximum atomic E-state index is 11.6. The van der Waals surface area contributed by atoms with Gasteiger partial charge in [-0.15, -0.1) is 0 Å². The SMILES string of the molecule is CCC(CC)c1nc(C2CCn3nccc3C2)n(-c2ccc(S(N)(=O)=O)cc2)n1. The van der Waals surface area contributed by atoms with Crippen LogP contribution in [0.1, 0.15) is 62.3 Å². The Kier molecular flexibility index (Phi) is 5.26. The summed E-state index contributed by atoms with van der Waals surface area (Å²) in [6.45, 7) is 5.15. The van der Waals surface area contributed by atoms with Crippen molar-refractivity contribution >= 4 is 10.0 Å². The highest BCUT2D eigenvalue weighted by Gasteiger charge is 2.28. The average Bonchev–Trinajstić information content (AvgIpc) is 3.35. The van der Waals surface area contributed by atoms with Crippen molar-refractivity contribution in [1.29, 1.82) is 0 Å². The summed E-state index contributed by atoms with van der Waals surface area (Å²) < 4.78 is 27.1. The Morgan fingerprint density at radius 1 is 1.17 bits per heavy atom. The molecule has 1 aromatic carbocycles. The van der Waals surface area contributed by atoms with Crippen molar-refractivity contribution in [3.05, 3.63) is 53.9 Å². The minimum absolute atomic E-state index is 0.0877. The third kappa shape index (κ3) is 3.84. The fourth-order valence-electron chi connectivity index (χ4n) is 3.99. The number of aryl methyl sites for hydroxylation is 1. The van der Waals surface area contributed by atoms with E-state index < -0.39 is 10.0 Å². The molecule has 0 fully saturated rings. The van der Waals surface area contributed by atoms with Crippen LogP contribution in [-0.2, 0) is 23.0 Å². The average molecular weight is 415 g/mol. The van der Waals surface area contributed by atoms with Gasteiger partial charge in [-0.2, -0.15) is 10.2 Å². The van der Waals surface area contributed by atoms with Gasteiger partial charge in [-0.1, -0.05) is 13.8 Å². The molecule has 0 spiro atoms. The molecule has 29 heavy (non-hydrogen) atoms. The van der Waals surface area contributed by atoms with Gasteiger partial charge in [0.1, 0.15) is 5.82 Å². The van der Waals surface area contributed by atoms with Crippen molar-refractivity contribution in [3.8, 4) is 5.69 Å². The largest absolute Gasteiger partial charge is 0.270 e. The second-order valence-corrected chi connectivity index (χ2v) is 9.09. The lowest BCUT2D eigenvalue weighted by atomic mass is 9.95. The van der Waals surface area contributed by atoms with Crippen molar-refractivity contribution in [2.75, 3.05) is 0 Å². The van der Waals surface area contributed by atoms with Crippen LogP contribution >= 0.6 is 0 Å². The van der Waals surface area contributed by atoms with Crippen LogP contribution in [0, 0.1) is 0 Å². The number of primary sulfonamides is 1. The van der Waals surface area contributed by atoms with Gasteiger partial charge in [-0.05, 0) is 56.0 Å². The number of nitrogens with two attached hydrogens (primary N) is 1. The van der Waals surface area contributed by atoms with Gasteiger partial charge in [0, 0.05) is 30.3 Å². The van der Waals surface area contributed by atoms with E-state index in [0.29, 0.717) is 5.92 Å². The van der Waals surface area contributed by atoms with Gasteiger partial charge in [0.2, 0.25) is 10.0 Å². The Balaban J connectivity index is 1.76. The molecule has 4 rings (SSSR count). The normalized spacial score (nSPS) is 16.9. The Morgan fingerprint density at radius 2 is 1.90 bits per heavy atom. The van der Waals surface area contributed by atoms with Gasteiger partial charge in [0.15, 0.2) is 5.82 Å². The van der Waals surface area contributed by atoms with Crippen molar-refractivity contribution in [2.24, 2.45) is 5.14 Å². The smallest absolute Gasteiger partial charge is 0.238 e. The molecule has 0 radical (unpaired) electrons. The molecule has 9 heteroatoms. The summed E-state index contributed by atoms with van der Waals surface area (Å²) in [5, 5.41) is 14.4. The number of sulfonamides is 1. The quantitative estimate of drug-likeness (QED) is 0.667. The Labute approximate surface area is 170 Å². The van der Waals surface area contributed by atoms with E-state index in [1.165, 1.54) is 17.8 Å². The monoisotopic (exact) mass is 414 g/mol. The van der Waals surface area contributed by atoms with Crippen LogP contribution in [0.5, 0.6) is 0 Å². The number of aromatic nitrogens is 5. The maximum absolute atomic E-state index is 11.6. The molecule has 1 atom stereocenters. The van der Waals surface area contributed by atoms with Crippen LogP contribution in [0.15, 0.2) is 41.4 Å². The van der Waals surface area contributed by atoms with E-state index >= 15 is 0 Å². The number of rotatable bonds is 6. The fraction of sp³-hybridized carbons (Fsp3) is 0.450. The third-order valence-electron chi connectivity index (χ3n) is 5.72. The molecule has 1 aliphatic heterocycles. The van der Waals surface area contributed by atoms with E-state index in [2.05, 4.69) is 25.0 Å². The summed E-state index contributed by atoms with van der Waals surface area (Å²) in [5.41, 5.74) is 1.99. The van der Waals surface area contributed by atoms with E-state index in [0.717, 1.165) is 49.6 Å². The molecule has 2 N–H and O–H groups in total. The molecule has 0 aliphatic carbocycles. The molecule has 2 aromatic heterocycles. The van der Waals surface area contributed by atoms with Crippen molar-refractivity contribution in [3.63, 3.8) is 0 Å². The Morgan fingerprint density at radius 3 is 2.55 bits per heavy atom. The summed E-state index contributed by atoms with van der Waals surface area (Å²) in [6, 6.07) is 8.56. The molecule has 3 heterocycles. The topological polar surface area (TPSA) is 109 Å². The van der Waals surface area contributed by atoms with Gasteiger partial charge in [-0.3, -0.25) is 4.68 Å². The highest BCUT2D eigenvalue weighted by Crippen LogP contribution is 2.31. The van der Waals surface area contributed by atoms with Gasteiger partial charge < -0.3 is 0 Å². The number of hydrogen-bond acceptors (Lipinski definition) is 5. The zero-order chi connectivity index (χ0) is 20.6. The molecule has 8 nitrogen and oxygen atoms in total. The third-order valence-corrected chi connectivity index (χ3v) is 6.65. The number of hydrogen-bond donors (Lipinski definition) is 1. The summed E-state index contributed by atoms with van der Waals surface area (Å²) in [7, 11) is -3.73. The van der Waals surface area contributed by atoms with Crippen LogP contribution < -0.4 is 5.14 Å². The summed E-state index contributed by atoms with van der Waals surface area (Å²) in [4.78, 5) is 5.05. The highest BCUT2D eigenvalue weighted by molar-refractivity contribution is 7.89. The Bertz CT molecular complexity index is 1100. The minimum atomic E-state index is -3.73.